The summed E-state index contributed by atoms with van der Waals surface area (Å²) >= 11 is 0. The van der Waals surface area contributed by atoms with Crippen molar-refractivity contribution in [2.45, 2.75) is 32.7 Å². The van der Waals surface area contributed by atoms with Gasteiger partial charge in [0.1, 0.15) is 5.54 Å². The van der Waals surface area contributed by atoms with Crippen LogP contribution in [0.15, 0.2) is 34.4 Å². The van der Waals surface area contributed by atoms with Crippen LogP contribution in [0.4, 0.5) is 5.69 Å². The SMILES string of the molecule is CC1CC(=O)NN=C1c1ccc(NC2=NC(=O)C(C)(C)N2)cc1. The molecule has 0 saturated carbocycles. The maximum atomic E-state index is 11.7. The van der Waals surface area contributed by atoms with Crippen molar-refractivity contribution >= 4 is 29.2 Å². The molecule has 3 N–H and O–H groups in total. The predicted octanol–water partition coefficient (Wildman–Crippen LogP) is 1.22. The molecule has 0 aromatic heterocycles. The molecule has 1 unspecified atom stereocenters. The molecule has 1 aromatic rings. The molecule has 1 atom stereocenters. The Kier molecular flexibility index (Phi) is 3.63. The molecule has 0 saturated heterocycles. The number of carbonyl (C=O) groups excluding carboxylic acids is 2. The first-order valence-electron chi connectivity index (χ1n) is 7.50. The van der Waals surface area contributed by atoms with Gasteiger partial charge in [0.15, 0.2) is 0 Å². The van der Waals surface area contributed by atoms with Crippen LogP contribution in [0.25, 0.3) is 0 Å². The van der Waals surface area contributed by atoms with E-state index in [2.05, 4.69) is 26.2 Å². The topological polar surface area (TPSA) is 94.9 Å². The molecule has 0 fully saturated rings. The number of carbonyl (C=O) groups is 2. The van der Waals surface area contributed by atoms with Crippen molar-refractivity contribution in [1.82, 2.24) is 10.7 Å². The van der Waals surface area contributed by atoms with Gasteiger partial charge < -0.3 is 10.6 Å². The molecule has 2 heterocycles. The third-order valence-corrected chi connectivity index (χ3v) is 3.88. The first-order chi connectivity index (χ1) is 10.8. The summed E-state index contributed by atoms with van der Waals surface area (Å²) in [5, 5.41) is 10.3. The lowest BCUT2D eigenvalue weighted by atomic mass is 9.94. The van der Waals surface area contributed by atoms with Crippen LogP contribution in [-0.2, 0) is 9.59 Å². The Labute approximate surface area is 134 Å². The van der Waals surface area contributed by atoms with Crippen LogP contribution in [0.3, 0.4) is 0 Å². The number of hydrazone groups is 1. The molecule has 7 heteroatoms. The lowest BCUT2D eigenvalue weighted by molar-refractivity contribution is -0.122. The summed E-state index contributed by atoms with van der Waals surface area (Å²) in [6.45, 7) is 5.55. The minimum absolute atomic E-state index is 0.0582. The number of guanidine groups is 1. The van der Waals surface area contributed by atoms with Crippen molar-refractivity contribution in [2.24, 2.45) is 16.0 Å². The number of hydrogen-bond donors (Lipinski definition) is 3. The molecule has 0 aliphatic carbocycles. The molecular weight excluding hydrogens is 294 g/mol. The first kappa shape index (κ1) is 15.2. The van der Waals surface area contributed by atoms with E-state index >= 15 is 0 Å². The van der Waals surface area contributed by atoms with Crippen molar-refractivity contribution < 1.29 is 9.59 Å². The fourth-order valence-electron chi connectivity index (χ4n) is 2.54. The first-order valence-corrected chi connectivity index (χ1v) is 7.50. The van der Waals surface area contributed by atoms with Crippen LogP contribution in [0, 0.1) is 5.92 Å². The number of aliphatic imine (C=N–C) groups is 1. The molecule has 2 amide bonds. The Morgan fingerprint density at radius 3 is 2.48 bits per heavy atom. The molecule has 0 bridgehead atoms. The van der Waals surface area contributed by atoms with Gasteiger partial charge in [-0.25, -0.2) is 5.43 Å². The van der Waals surface area contributed by atoms with Crippen LogP contribution in [0.2, 0.25) is 0 Å². The monoisotopic (exact) mass is 313 g/mol. The number of nitrogens with zero attached hydrogens (tertiary/aromatic N) is 2. The summed E-state index contributed by atoms with van der Waals surface area (Å²) < 4.78 is 0. The van der Waals surface area contributed by atoms with Gasteiger partial charge in [0.05, 0.1) is 5.71 Å². The third kappa shape index (κ3) is 3.08. The van der Waals surface area contributed by atoms with Crippen LogP contribution >= 0.6 is 0 Å². The summed E-state index contributed by atoms with van der Waals surface area (Å²) in [6.07, 6.45) is 0.441. The molecule has 0 spiro atoms. The van der Waals surface area contributed by atoms with E-state index in [4.69, 9.17) is 0 Å². The standard InChI is InChI=1S/C16H19N5O2/c1-9-8-12(22)20-21-13(9)10-4-6-11(7-5-10)17-15-18-14(23)16(2,3)19-15/h4-7,9H,8H2,1-3H3,(H,20,22)(H2,17,18,19,23). The second kappa shape index (κ2) is 5.49. The van der Waals surface area contributed by atoms with Gasteiger partial charge in [0.2, 0.25) is 11.9 Å². The Hall–Kier alpha value is -2.70. The molecule has 2 aliphatic heterocycles. The minimum atomic E-state index is -0.674. The number of hydrogen-bond acceptors (Lipinski definition) is 5. The fraction of sp³-hybridized carbons (Fsp3) is 0.375. The molecule has 3 rings (SSSR count). The Balaban J connectivity index is 1.72. The highest BCUT2D eigenvalue weighted by molar-refractivity contribution is 6.10. The van der Waals surface area contributed by atoms with Gasteiger partial charge in [-0.2, -0.15) is 10.1 Å². The second-order valence-corrected chi connectivity index (χ2v) is 6.36. The van der Waals surface area contributed by atoms with E-state index in [1.807, 2.05) is 31.2 Å². The van der Waals surface area contributed by atoms with Crippen LogP contribution in [-0.4, -0.2) is 29.0 Å². The summed E-state index contributed by atoms with van der Waals surface area (Å²) in [6, 6.07) is 7.64. The van der Waals surface area contributed by atoms with Crippen LogP contribution in [0.1, 0.15) is 32.8 Å². The molecule has 2 aliphatic rings. The van der Waals surface area contributed by atoms with Crippen molar-refractivity contribution in [3.05, 3.63) is 29.8 Å². The van der Waals surface area contributed by atoms with E-state index in [1.54, 1.807) is 13.8 Å². The smallest absolute Gasteiger partial charge is 0.274 e. The fourth-order valence-corrected chi connectivity index (χ4v) is 2.54. The summed E-state index contributed by atoms with van der Waals surface area (Å²) in [4.78, 5) is 26.9. The van der Waals surface area contributed by atoms with E-state index in [0.29, 0.717) is 12.4 Å². The molecule has 0 radical (unpaired) electrons. The molecule has 23 heavy (non-hydrogen) atoms. The Bertz CT molecular complexity index is 718. The number of anilines is 1. The van der Waals surface area contributed by atoms with E-state index in [9.17, 15) is 9.59 Å². The normalized spacial score (nSPS) is 22.8. The van der Waals surface area contributed by atoms with E-state index in [0.717, 1.165) is 17.0 Å². The quantitative estimate of drug-likeness (QED) is 0.765. The zero-order valence-corrected chi connectivity index (χ0v) is 13.3. The van der Waals surface area contributed by atoms with Gasteiger partial charge in [0.25, 0.3) is 5.91 Å². The van der Waals surface area contributed by atoms with Gasteiger partial charge in [-0.15, -0.1) is 0 Å². The van der Waals surface area contributed by atoms with Crippen molar-refractivity contribution in [3.63, 3.8) is 0 Å². The largest absolute Gasteiger partial charge is 0.342 e. The maximum Gasteiger partial charge on any atom is 0.274 e. The van der Waals surface area contributed by atoms with Crippen molar-refractivity contribution in [3.8, 4) is 0 Å². The van der Waals surface area contributed by atoms with Gasteiger partial charge in [0, 0.05) is 18.0 Å². The Morgan fingerprint density at radius 2 is 1.91 bits per heavy atom. The lowest BCUT2D eigenvalue weighted by Crippen LogP contribution is -2.44. The Morgan fingerprint density at radius 1 is 1.22 bits per heavy atom. The number of amides is 2. The minimum Gasteiger partial charge on any atom is -0.342 e. The number of benzene rings is 1. The average molecular weight is 313 g/mol. The highest BCUT2D eigenvalue weighted by Crippen LogP contribution is 2.19. The van der Waals surface area contributed by atoms with E-state index in [-0.39, 0.29) is 17.7 Å². The maximum absolute atomic E-state index is 11.7. The third-order valence-electron chi connectivity index (χ3n) is 3.88. The van der Waals surface area contributed by atoms with Crippen molar-refractivity contribution in [1.29, 1.82) is 0 Å². The second-order valence-electron chi connectivity index (χ2n) is 6.36. The predicted molar refractivity (Wildman–Crippen MR) is 88.2 cm³/mol. The summed E-state index contributed by atoms with van der Waals surface area (Å²) in [5.41, 5.74) is 4.48. The number of nitrogens with one attached hydrogen (secondary N) is 3. The zero-order valence-electron chi connectivity index (χ0n) is 13.3. The van der Waals surface area contributed by atoms with Crippen LogP contribution in [0.5, 0.6) is 0 Å². The van der Waals surface area contributed by atoms with Gasteiger partial charge in [-0.3, -0.25) is 9.59 Å². The average Bonchev–Trinajstić information content (AvgIpc) is 2.73. The number of rotatable bonds is 2. The summed E-state index contributed by atoms with van der Waals surface area (Å²) in [5.74, 6) is 0.278. The highest BCUT2D eigenvalue weighted by Gasteiger charge is 2.34. The van der Waals surface area contributed by atoms with Crippen molar-refractivity contribution in [2.75, 3.05) is 5.32 Å². The summed E-state index contributed by atoms with van der Waals surface area (Å²) in [7, 11) is 0. The van der Waals surface area contributed by atoms with Gasteiger partial charge in [-0.1, -0.05) is 19.1 Å². The molecule has 7 nitrogen and oxygen atoms in total. The van der Waals surface area contributed by atoms with Crippen LogP contribution < -0.4 is 16.1 Å². The van der Waals surface area contributed by atoms with Gasteiger partial charge >= 0.3 is 0 Å². The van der Waals surface area contributed by atoms with E-state index < -0.39 is 5.54 Å². The van der Waals surface area contributed by atoms with E-state index in [1.165, 1.54) is 0 Å². The molecule has 120 valence electrons. The molecule has 1 aromatic carbocycles. The lowest BCUT2D eigenvalue weighted by Gasteiger charge is -2.19. The van der Waals surface area contributed by atoms with Gasteiger partial charge in [-0.05, 0) is 31.5 Å². The highest BCUT2D eigenvalue weighted by atomic mass is 16.2. The zero-order chi connectivity index (χ0) is 16.6. The molecular formula is C16H19N5O2.